The summed E-state index contributed by atoms with van der Waals surface area (Å²) in [7, 11) is 0. The molecule has 0 saturated heterocycles. The first-order valence-corrected chi connectivity index (χ1v) is 10.7. The topological polar surface area (TPSA) is 80.0 Å². The van der Waals surface area contributed by atoms with Crippen molar-refractivity contribution in [2.45, 2.75) is 16.6 Å². The summed E-state index contributed by atoms with van der Waals surface area (Å²) in [6.45, 7) is 4.24. The summed E-state index contributed by atoms with van der Waals surface area (Å²) >= 11 is 2.91. The highest BCUT2D eigenvalue weighted by Crippen LogP contribution is 2.30. The summed E-state index contributed by atoms with van der Waals surface area (Å²) < 4.78 is 1.83. The fourth-order valence-corrected chi connectivity index (χ4v) is 3.79. The van der Waals surface area contributed by atoms with Gasteiger partial charge in [-0.3, -0.25) is 9.36 Å². The number of hydrogen-bond acceptors (Lipinski definition) is 6. The van der Waals surface area contributed by atoms with Crippen molar-refractivity contribution >= 4 is 35.1 Å². The van der Waals surface area contributed by atoms with Gasteiger partial charge in [0.2, 0.25) is 5.91 Å². The van der Waals surface area contributed by atoms with Gasteiger partial charge in [-0.15, -0.1) is 28.5 Å². The molecule has 3 rings (SSSR count). The molecule has 0 fully saturated rings. The molecule has 0 bridgehead atoms. The Labute approximate surface area is 172 Å². The molecule has 1 aromatic heterocycles. The van der Waals surface area contributed by atoms with Crippen LogP contribution in [0.1, 0.15) is 0 Å². The molecule has 0 aliphatic rings. The first kappa shape index (κ1) is 20.0. The number of carbonyl (C=O) groups is 1. The summed E-state index contributed by atoms with van der Waals surface area (Å²) in [5, 5.41) is 22.0. The van der Waals surface area contributed by atoms with Gasteiger partial charge in [0.15, 0.2) is 11.0 Å². The minimum Gasteiger partial charge on any atom is -0.507 e. The molecule has 144 valence electrons. The van der Waals surface area contributed by atoms with Crippen molar-refractivity contribution in [3.8, 4) is 17.1 Å². The molecule has 0 aliphatic carbocycles. The fraction of sp³-hybridized carbons (Fsp3) is 0.150. The lowest BCUT2D eigenvalue weighted by atomic mass is 10.2. The van der Waals surface area contributed by atoms with Crippen molar-refractivity contribution in [3.63, 3.8) is 0 Å². The Kier molecular flexibility index (Phi) is 6.78. The molecule has 0 spiro atoms. The van der Waals surface area contributed by atoms with Gasteiger partial charge in [-0.2, -0.15) is 0 Å². The van der Waals surface area contributed by atoms with Gasteiger partial charge in [0.1, 0.15) is 5.75 Å². The second-order valence-corrected chi connectivity index (χ2v) is 7.61. The van der Waals surface area contributed by atoms with Gasteiger partial charge in [0.05, 0.1) is 11.3 Å². The van der Waals surface area contributed by atoms with Gasteiger partial charge >= 0.3 is 0 Å². The maximum absolute atomic E-state index is 12.3. The number of amides is 1. The zero-order valence-electron chi connectivity index (χ0n) is 15.3. The number of aromatic hydroxyl groups is 1. The second-order valence-electron chi connectivity index (χ2n) is 5.79. The van der Waals surface area contributed by atoms with Gasteiger partial charge < -0.3 is 10.4 Å². The van der Waals surface area contributed by atoms with Crippen LogP contribution in [0.15, 0.2) is 71.2 Å². The Morgan fingerprint density at radius 3 is 2.82 bits per heavy atom. The number of thioether (sulfide) groups is 2. The number of benzene rings is 2. The lowest BCUT2D eigenvalue weighted by Crippen LogP contribution is -2.14. The predicted octanol–water partition coefficient (Wildman–Crippen LogP) is 4.29. The van der Waals surface area contributed by atoms with Crippen LogP contribution in [0.25, 0.3) is 11.4 Å². The van der Waals surface area contributed by atoms with Crippen LogP contribution in [0.2, 0.25) is 0 Å². The molecule has 0 atom stereocenters. The van der Waals surface area contributed by atoms with Gasteiger partial charge in [-0.05, 0) is 36.6 Å². The summed E-state index contributed by atoms with van der Waals surface area (Å²) in [6, 6.07) is 14.7. The minimum atomic E-state index is -0.125. The van der Waals surface area contributed by atoms with Crippen LogP contribution in [-0.4, -0.2) is 37.8 Å². The standard InChI is InChI=1S/C20H20N4O2S2/c1-3-11-24-19(16-9-4-5-10-17(16)25)22-23-20(24)28-13-18(26)21-14-7-6-8-15(12-14)27-2/h3-10,12,25H,1,11,13H2,2H3,(H,21,26). The van der Waals surface area contributed by atoms with E-state index in [0.29, 0.717) is 23.1 Å². The van der Waals surface area contributed by atoms with E-state index >= 15 is 0 Å². The Hall–Kier alpha value is -2.71. The number of aromatic nitrogens is 3. The van der Waals surface area contributed by atoms with Gasteiger partial charge in [-0.25, -0.2) is 0 Å². The zero-order chi connectivity index (χ0) is 19.9. The lowest BCUT2D eigenvalue weighted by molar-refractivity contribution is -0.113. The highest BCUT2D eigenvalue weighted by atomic mass is 32.2. The molecule has 0 unspecified atom stereocenters. The fourth-order valence-electron chi connectivity index (χ4n) is 2.58. The lowest BCUT2D eigenvalue weighted by Gasteiger charge is -2.09. The Morgan fingerprint density at radius 1 is 1.25 bits per heavy atom. The molecular formula is C20H20N4O2S2. The van der Waals surface area contributed by atoms with E-state index < -0.39 is 0 Å². The number of rotatable bonds is 8. The molecule has 0 aliphatic heterocycles. The van der Waals surface area contributed by atoms with E-state index in [-0.39, 0.29) is 17.4 Å². The van der Waals surface area contributed by atoms with Crippen molar-refractivity contribution in [1.82, 2.24) is 14.8 Å². The highest BCUT2D eigenvalue weighted by Gasteiger charge is 2.17. The summed E-state index contributed by atoms with van der Waals surface area (Å²) in [5.74, 6) is 0.733. The number of para-hydroxylation sites is 1. The van der Waals surface area contributed by atoms with Crippen molar-refractivity contribution in [3.05, 3.63) is 61.2 Å². The number of allylic oxidation sites excluding steroid dienone is 1. The van der Waals surface area contributed by atoms with Crippen LogP contribution in [0.3, 0.4) is 0 Å². The monoisotopic (exact) mass is 412 g/mol. The number of nitrogens with one attached hydrogen (secondary N) is 1. The molecule has 2 N–H and O–H groups in total. The summed E-state index contributed by atoms with van der Waals surface area (Å²) in [5.41, 5.74) is 1.35. The van der Waals surface area contributed by atoms with E-state index in [1.54, 1.807) is 36.0 Å². The molecule has 8 heteroatoms. The third kappa shape index (κ3) is 4.76. The van der Waals surface area contributed by atoms with E-state index in [0.717, 1.165) is 10.6 Å². The highest BCUT2D eigenvalue weighted by molar-refractivity contribution is 7.99. The minimum absolute atomic E-state index is 0.125. The molecule has 3 aromatic rings. The normalized spacial score (nSPS) is 10.6. The van der Waals surface area contributed by atoms with Crippen LogP contribution in [-0.2, 0) is 11.3 Å². The average molecular weight is 413 g/mol. The first-order valence-electron chi connectivity index (χ1n) is 8.51. The Morgan fingerprint density at radius 2 is 2.07 bits per heavy atom. The van der Waals surface area contributed by atoms with E-state index in [4.69, 9.17) is 0 Å². The number of phenolic OH excluding ortho intramolecular Hbond substituents is 1. The Bertz CT molecular complexity index is 988. The SMILES string of the molecule is C=CCn1c(SCC(=O)Nc2cccc(SC)c2)nnc1-c1ccccc1O. The van der Waals surface area contributed by atoms with Crippen molar-refractivity contribution in [2.75, 3.05) is 17.3 Å². The quantitative estimate of drug-likeness (QED) is 0.424. The van der Waals surface area contributed by atoms with Crippen LogP contribution in [0, 0.1) is 0 Å². The van der Waals surface area contributed by atoms with E-state index in [1.165, 1.54) is 11.8 Å². The number of hydrogen-bond donors (Lipinski definition) is 2. The van der Waals surface area contributed by atoms with Crippen molar-refractivity contribution in [2.24, 2.45) is 0 Å². The van der Waals surface area contributed by atoms with Crippen LogP contribution >= 0.6 is 23.5 Å². The maximum atomic E-state index is 12.3. The van der Waals surface area contributed by atoms with Crippen LogP contribution < -0.4 is 5.32 Å². The smallest absolute Gasteiger partial charge is 0.234 e. The average Bonchev–Trinajstić information content (AvgIpc) is 3.09. The molecule has 2 aromatic carbocycles. The maximum Gasteiger partial charge on any atom is 0.234 e. The van der Waals surface area contributed by atoms with Gasteiger partial charge in [0.25, 0.3) is 0 Å². The molecule has 0 radical (unpaired) electrons. The molecular weight excluding hydrogens is 392 g/mol. The van der Waals surface area contributed by atoms with Gasteiger partial charge in [-0.1, -0.05) is 36.0 Å². The van der Waals surface area contributed by atoms with Gasteiger partial charge in [0, 0.05) is 17.1 Å². The van der Waals surface area contributed by atoms with Crippen molar-refractivity contribution in [1.29, 1.82) is 0 Å². The van der Waals surface area contributed by atoms with Crippen LogP contribution in [0.4, 0.5) is 5.69 Å². The molecule has 0 saturated carbocycles. The summed E-state index contributed by atoms with van der Waals surface area (Å²) in [6.07, 6.45) is 3.72. The second kappa shape index (κ2) is 9.48. The number of nitrogens with zero attached hydrogens (tertiary/aromatic N) is 3. The Balaban J connectivity index is 1.72. The van der Waals surface area contributed by atoms with Crippen LogP contribution in [0.5, 0.6) is 5.75 Å². The third-order valence-corrected chi connectivity index (χ3v) is 5.55. The number of phenols is 1. The van der Waals surface area contributed by atoms with E-state index in [1.807, 2.05) is 41.2 Å². The molecule has 28 heavy (non-hydrogen) atoms. The van der Waals surface area contributed by atoms with E-state index in [2.05, 4.69) is 22.1 Å². The first-order chi connectivity index (χ1) is 13.6. The molecule has 1 heterocycles. The van der Waals surface area contributed by atoms with E-state index in [9.17, 15) is 9.90 Å². The molecule has 1 amide bonds. The number of carbonyl (C=O) groups excluding carboxylic acids is 1. The number of anilines is 1. The third-order valence-electron chi connectivity index (χ3n) is 3.86. The predicted molar refractivity (Wildman–Crippen MR) is 115 cm³/mol. The molecule has 6 nitrogen and oxygen atoms in total. The summed E-state index contributed by atoms with van der Waals surface area (Å²) in [4.78, 5) is 13.4. The largest absolute Gasteiger partial charge is 0.507 e. The van der Waals surface area contributed by atoms with Crippen molar-refractivity contribution < 1.29 is 9.90 Å². The zero-order valence-corrected chi connectivity index (χ0v) is 17.0.